The normalized spacial score (nSPS) is 10.8. The fraction of sp³-hybridized carbons (Fsp3) is 0. The minimum atomic E-state index is 0.0427. The Morgan fingerprint density at radius 3 is 2.44 bits per heavy atom. The molecule has 0 heterocycles. The van der Waals surface area contributed by atoms with Gasteiger partial charge in [-0.3, -0.25) is 0 Å². The maximum absolute atomic E-state index is 8.03. The van der Waals surface area contributed by atoms with Crippen molar-refractivity contribution in [2.75, 3.05) is 0 Å². The molecule has 0 aliphatic carbocycles. The molecule has 1 unspecified atom stereocenters. The molecule has 1 aromatic rings. The summed E-state index contributed by atoms with van der Waals surface area (Å²) in [7, 11) is 0.0427. The summed E-state index contributed by atoms with van der Waals surface area (Å²) in [4.78, 5) is 0. The Balaban J connectivity index is 2.61. The van der Waals surface area contributed by atoms with E-state index in [9.17, 15) is 0 Å². The third-order valence-electron chi connectivity index (χ3n) is 0.937. The van der Waals surface area contributed by atoms with E-state index in [0.29, 0.717) is 0 Å². The van der Waals surface area contributed by atoms with Crippen molar-refractivity contribution in [1.82, 2.24) is 0 Å². The summed E-state index contributed by atoms with van der Waals surface area (Å²) in [6, 6.07) is 9.53. The molecular formula is C6H7O2P. The second kappa shape index (κ2) is 3.57. The lowest BCUT2D eigenvalue weighted by molar-refractivity contribution is -0.121. The van der Waals surface area contributed by atoms with E-state index in [2.05, 4.69) is 4.67 Å². The van der Waals surface area contributed by atoms with Crippen LogP contribution in [0.3, 0.4) is 0 Å². The van der Waals surface area contributed by atoms with E-state index in [1.165, 1.54) is 0 Å². The van der Waals surface area contributed by atoms with Crippen molar-refractivity contribution in [3.63, 3.8) is 0 Å². The Morgan fingerprint density at radius 2 is 1.89 bits per heavy atom. The van der Waals surface area contributed by atoms with E-state index < -0.39 is 0 Å². The smallest absolute Gasteiger partial charge is 0.0876 e. The zero-order valence-corrected chi connectivity index (χ0v) is 5.74. The van der Waals surface area contributed by atoms with Crippen LogP contribution in [0.25, 0.3) is 0 Å². The molecule has 0 fully saturated rings. The van der Waals surface area contributed by atoms with Crippen LogP contribution in [0.1, 0.15) is 0 Å². The molecule has 48 valence electrons. The molecule has 1 aromatic carbocycles. The van der Waals surface area contributed by atoms with E-state index >= 15 is 0 Å². The highest BCUT2D eigenvalue weighted by Gasteiger charge is 1.86. The minimum absolute atomic E-state index is 0.0427. The van der Waals surface area contributed by atoms with Gasteiger partial charge in [0.05, 0.1) is 8.81 Å². The highest BCUT2D eigenvalue weighted by Crippen LogP contribution is 2.07. The molecule has 3 heteroatoms. The van der Waals surface area contributed by atoms with Gasteiger partial charge in [0, 0.05) is 5.30 Å². The van der Waals surface area contributed by atoms with Crippen LogP contribution in [-0.4, -0.2) is 5.26 Å². The quantitative estimate of drug-likeness (QED) is 0.384. The van der Waals surface area contributed by atoms with E-state index in [0.717, 1.165) is 5.30 Å². The van der Waals surface area contributed by atoms with Crippen molar-refractivity contribution in [2.45, 2.75) is 0 Å². The lowest BCUT2D eigenvalue weighted by Crippen LogP contribution is -1.90. The summed E-state index contributed by atoms with van der Waals surface area (Å²) in [5.74, 6) is 0. The molecule has 0 spiro atoms. The molecule has 0 aliphatic heterocycles. The molecule has 1 atom stereocenters. The second-order valence-corrected chi connectivity index (χ2v) is 2.52. The average molecular weight is 142 g/mol. The van der Waals surface area contributed by atoms with Gasteiger partial charge in [0.15, 0.2) is 0 Å². The Morgan fingerprint density at radius 1 is 1.22 bits per heavy atom. The van der Waals surface area contributed by atoms with Crippen molar-refractivity contribution in [1.29, 1.82) is 0 Å². The first-order valence-electron chi connectivity index (χ1n) is 2.55. The van der Waals surface area contributed by atoms with Gasteiger partial charge in [-0.2, -0.15) is 0 Å². The molecule has 9 heavy (non-hydrogen) atoms. The van der Waals surface area contributed by atoms with Gasteiger partial charge in [0.2, 0.25) is 0 Å². The summed E-state index contributed by atoms with van der Waals surface area (Å²) in [5, 5.41) is 9.03. The van der Waals surface area contributed by atoms with Crippen LogP contribution in [0.2, 0.25) is 0 Å². The molecule has 0 amide bonds. The maximum atomic E-state index is 8.03. The first-order chi connectivity index (χ1) is 4.43. The van der Waals surface area contributed by atoms with Gasteiger partial charge in [-0.25, -0.2) is 9.93 Å². The van der Waals surface area contributed by atoms with Crippen LogP contribution in [0.4, 0.5) is 0 Å². The number of hydrogen-bond donors (Lipinski definition) is 1. The van der Waals surface area contributed by atoms with Gasteiger partial charge >= 0.3 is 0 Å². The molecular weight excluding hydrogens is 135 g/mol. The van der Waals surface area contributed by atoms with Crippen molar-refractivity contribution in [3.05, 3.63) is 30.3 Å². The van der Waals surface area contributed by atoms with E-state index in [1.807, 2.05) is 30.3 Å². The Hall–Kier alpha value is -0.430. The third-order valence-corrected chi connectivity index (χ3v) is 1.60. The number of hydrogen-bond acceptors (Lipinski definition) is 2. The summed E-state index contributed by atoms with van der Waals surface area (Å²) >= 11 is 0. The summed E-state index contributed by atoms with van der Waals surface area (Å²) in [5.41, 5.74) is 0. The topological polar surface area (TPSA) is 29.5 Å². The van der Waals surface area contributed by atoms with E-state index in [4.69, 9.17) is 5.26 Å². The Labute approximate surface area is 55.3 Å². The van der Waals surface area contributed by atoms with Gasteiger partial charge in [-0.15, -0.1) is 0 Å². The maximum Gasteiger partial charge on any atom is 0.0876 e. The lowest BCUT2D eigenvalue weighted by Gasteiger charge is -1.92. The molecule has 0 saturated carbocycles. The molecule has 2 nitrogen and oxygen atoms in total. The predicted octanol–water partition coefficient (Wildman–Crippen LogP) is 1.39. The number of benzene rings is 1. The molecule has 1 rings (SSSR count). The van der Waals surface area contributed by atoms with Crippen molar-refractivity contribution < 1.29 is 9.93 Å². The van der Waals surface area contributed by atoms with E-state index in [1.54, 1.807) is 0 Å². The standard InChI is InChI=1S/C6H7O2P/c7-8-9-6-4-2-1-3-5-6/h1-5,7,9H. The zero-order valence-electron chi connectivity index (χ0n) is 4.74. The fourth-order valence-electron chi connectivity index (χ4n) is 0.559. The Kier molecular flexibility index (Phi) is 2.65. The van der Waals surface area contributed by atoms with Crippen LogP contribution in [0, 0.1) is 0 Å². The zero-order chi connectivity index (χ0) is 6.53. The molecule has 0 aromatic heterocycles. The van der Waals surface area contributed by atoms with Crippen LogP contribution in [0.5, 0.6) is 0 Å². The molecule has 0 radical (unpaired) electrons. The average Bonchev–Trinajstić information content (AvgIpc) is 1.91. The summed E-state index contributed by atoms with van der Waals surface area (Å²) in [6.45, 7) is 0. The van der Waals surface area contributed by atoms with Crippen LogP contribution in [0.15, 0.2) is 30.3 Å². The predicted molar refractivity (Wildman–Crippen MR) is 38.1 cm³/mol. The lowest BCUT2D eigenvalue weighted by atomic mass is 10.4. The van der Waals surface area contributed by atoms with Gasteiger partial charge in [-0.1, -0.05) is 30.3 Å². The molecule has 1 N–H and O–H groups in total. The summed E-state index contributed by atoms with van der Waals surface area (Å²) < 4.78 is 3.96. The van der Waals surface area contributed by atoms with Gasteiger partial charge in [0.1, 0.15) is 0 Å². The van der Waals surface area contributed by atoms with E-state index in [-0.39, 0.29) is 8.81 Å². The molecule has 0 aliphatic rings. The third kappa shape index (κ3) is 2.10. The Bertz CT molecular complexity index is 164. The minimum Gasteiger partial charge on any atom is -0.248 e. The highest BCUT2D eigenvalue weighted by molar-refractivity contribution is 7.41. The summed E-state index contributed by atoms with van der Waals surface area (Å²) in [6.07, 6.45) is 0. The first kappa shape index (κ1) is 6.69. The van der Waals surface area contributed by atoms with Crippen LogP contribution < -0.4 is 5.30 Å². The monoisotopic (exact) mass is 142 g/mol. The molecule has 0 bridgehead atoms. The van der Waals surface area contributed by atoms with Gasteiger partial charge in [-0.05, 0) is 0 Å². The second-order valence-electron chi connectivity index (χ2n) is 1.56. The van der Waals surface area contributed by atoms with Crippen LogP contribution >= 0.6 is 8.81 Å². The molecule has 0 saturated heterocycles. The van der Waals surface area contributed by atoms with Crippen molar-refractivity contribution in [2.24, 2.45) is 0 Å². The first-order valence-corrected chi connectivity index (χ1v) is 3.46. The highest BCUT2D eigenvalue weighted by atomic mass is 31.1. The van der Waals surface area contributed by atoms with Crippen LogP contribution in [-0.2, 0) is 4.67 Å². The van der Waals surface area contributed by atoms with Crippen molar-refractivity contribution >= 4 is 14.1 Å². The van der Waals surface area contributed by atoms with Crippen molar-refractivity contribution in [3.8, 4) is 0 Å². The SMILES string of the molecule is OOPc1ccccc1. The number of rotatable bonds is 2. The van der Waals surface area contributed by atoms with Gasteiger partial charge < -0.3 is 0 Å². The fourth-order valence-corrected chi connectivity index (χ4v) is 0.993. The largest absolute Gasteiger partial charge is 0.248 e. The van der Waals surface area contributed by atoms with Gasteiger partial charge in [0.25, 0.3) is 0 Å².